The summed E-state index contributed by atoms with van der Waals surface area (Å²) < 4.78 is 0. The van der Waals surface area contributed by atoms with Gasteiger partial charge in [0.2, 0.25) is 0 Å². The Morgan fingerprint density at radius 1 is 1.18 bits per heavy atom. The number of carboxylic acid groups (broad SMARTS) is 2. The zero-order valence-electron chi connectivity index (χ0n) is 9.11. The van der Waals surface area contributed by atoms with Crippen molar-refractivity contribution in [3.63, 3.8) is 0 Å². The van der Waals surface area contributed by atoms with Crippen LogP contribution in [0.2, 0.25) is 0 Å². The molecule has 0 aliphatic heterocycles. The van der Waals surface area contributed by atoms with E-state index in [4.69, 9.17) is 21.1 Å². The van der Waals surface area contributed by atoms with Crippen molar-refractivity contribution in [3.05, 3.63) is 30.3 Å². The van der Waals surface area contributed by atoms with Crippen LogP contribution < -0.4 is 5.73 Å². The number of hydrogen-bond acceptors (Lipinski definition) is 4. The van der Waals surface area contributed by atoms with E-state index >= 15 is 0 Å². The van der Waals surface area contributed by atoms with E-state index in [0.29, 0.717) is 5.75 Å². The standard InChI is InChI=1S/C6H6O.C5H9NO4/c7-6-4-2-1-3-5-6;6-3(5(9)10)1-2-4(7)8/h1-5,7H;3H,1-2,6H2,(H,7,8)(H,9,10)/t;3-/m.0/s1. The Hall–Kier alpha value is -2.08. The monoisotopic (exact) mass is 241 g/mol. The molecular formula is C11H15NO5. The maximum absolute atomic E-state index is 9.99. The van der Waals surface area contributed by atoms with Crippen LogP contribution in [0.1, 0.15) is 12.8 Å². The summed E-state index contributed by atoms with van der Waals surface area (Å²) in [6.07, 6.45) is -0.224. The van der Waals surface area contributed by atoms with Crippen molar-refractivity contribution in [3.8, 4) is 5.75 Å². The number of phenols is 1. The highest BCUT2D eigenvalue weighted by molar-refractivity contribution is 5.74. The van der Waals surface area contributed by atoms with Gasteiger partial charge in [-0.1, -0.05) is 18.2 Å². The van der Waals surface area contributed by atoms with Gasteiger partial charge in [-0.3, -0.25) is 9.59 Å². The largest absolute Gasteiger partial charge is 0.508 e. The van der Waals surface area contributed by atoms with Crippen molar-refractivity contribution in [2.24, 2.45) is 5.73 Å². The lowest BCUT2D eigenvalue weighted by atomic mass is 10.2. The van der Waals surface area contributed by atoms with Crippen molar-refractivity contribution in [2.75, 3.05) is 0 Å². The summed E-state index contributed by atoms with van der Waals surface area (Å²) in [5, 5.41) is 24.9. The van der Waals surface area contributed by atoms with Crippen LogP contribution in [0.15, 0.2) is 30.3 Å². The second kappa shape index (κ2) is 8.12. The Morgan fingerprint density at radius 3 is 2.00 bits per heavy atom. The van der Waals surface area contributed by atoms with Gasteiger partial charge in [-0.25, -0.2) is 0 Å². The molecule has 0 saturated carbocycles. The molecule has 0 spiro atoms. The second-order valence-corrected chi connectivity index (χ2v) is 3.21. The highest BCUT2D eigenvalue weighted by Crippen LogP contribution is 2.02. The van der Waals surface area contributed by atoms with E-state index in [1.54, 1.807) is 24.3 Å². The first-order chi connectivity index (χ1) is 7.93. The Balaban J connectivity index is 0.000000318. The fourth-order valence-corrected chi connectivity index (χ4v) is 0.830. The number of carboxylic acids is 2. The molecule has 94 valence electrons. The molecule has 5 N–H and O–H groups in total. The number of para-hydroxylation sites is 1. The predicted molar refractivity (Wildman–Crippen MR) is 60.6 cm³/mol. The third-order valence-electron chi connectivity index (χ3n) is 1.74. The van der Waals surface area contributed by atoms with Crippen LogP contribution in [0.3, 0.4) is 0 Å². The SMILES string of the molecule is N[C@@H](CCC(=O)O)C(=O)O.Oc1ccccc1. The molecular weight excluding hydrogens is 226 g/mol. The minimum absolute atomic E-state index is 0.0231. The number of aromatic hydroxyl groups is 1. The third kappa shape index (κ3) is 8.88. The molecule has 0 aliphatic rings. The van der Waals surface area contributed by atoms with Crippen LogP contribution in [0, 0.1) is 0 Å². The van der Waals surface area contributed by atoms with Gasteiger partial charge in [0.05, 0.1) is 0 Å². The molecule has 0 unspecified atom stereocenters. The molecule has 1 aromatic rings. The summed E-state index contributed by atoms with van der Waals surface area (Å²) in [6, 6.07) is 7.65. The quantitative estimate of drug-likeness (QED) is 0.614. The molecule has 0 bridgehead atoms. The minimum Gasteiger partial charge on any atom is -0.508 e. The summed E-state index contributed by atoms with van der Waals surface area (Å²) >= 11 is 0. The summed E-state index contributed by atoms with van der Waals surface area (Å²) in [7, 11) is 0. The second-order valence-electron chi connectivity index (χ2n) is 3.21. The van der Waals surface area contributed by atoms with Crippen molar-refractivity contribution in [1.82, 2.24) is 0 Å². The normalized spacial score (nSPS) is 10.9. The topological polar surface area (TPSA) is 121 Å². The van der Waals surface area contributed by atoms with Gasteiger partial charge in [0, 0.05) is 6.42 Å². The first-order valence-corrected chi connectivity index (χ1v) is 4.87. The Morgan fingerprint density at radius 2 is 1.71 bits per heavy atom. The van der Waals surface area contributed by atoms with Crippen LogP contribution in [0.25, 0.3) is 0 Å². The molecule has 17 heavy (non-hydrogen) atoms. The lowest BCUT2D eigenvalue weighted by molar-refractivity contribution is -0.139. The van der Waals surface area contributed by atoms with E-state index in [2.05, 4.69) is 0 Å². The van der Waals surface area contributed by atoms with Gasteiger partial charge < -0.3 is 21.1 Å². The van der Waals surface area contributed by atoms with Gasteiger partial charge in [-0.15, -0.1) is 0 Å². The van der Waals surface area contributed by atoms with Gasteiger partial charge >= 0.3 is 11.9 Å². The van der Waals surface area contributed by atoms with E-state index in [1.807, 2.05) is 6.07 Å². The number of carbonyl (C=O) groups is 2. The van der Waals surface area contributed by atoms with Crippen LogP contribution >= 0.6 is 0 Å². The maximum atomic E-state index is 9.99. The molecule has 6 nitrogen and oxygen atoms in total. The molecule has 1 rings (SSSR count). The van der Waals surface area contributed by atoms with Crippen LogP contribution in [0.4, 0.5) is 0 Å². The lowest BCUT2D eigenvalue weighted by Crippen LogP contribution is -2.30. The van der Waals surface area contributed by atoms with Crippen LogP contribution in [-0.4, -0.2) is 33.3 Å². The zero-order chi connectivity index (χ0) is 13.3. The lowest BCUT2D eigenvalue weighted by Gasteiger charge is -2.01. The van der Waals surface area contributed by atoms with E-state index in [1.165, 1.54) is 0 Å². The molecule has 0 aliphatic carbocycles. The fourth-order valence-electron chi connectivity index (χ4n) is 0.830. The number of benzene rings is 1. The predicted octanol–water partition coefficient (Wildman–Crippen LogP) is 0.655. The van der Waals surface area contributed by atoms with Gasteiger partial charge in [0.25, 0.3) is 0 Å². The molecule has 1 aromatic carbocycles. The highest BCUT2D eigenvalue weighted by atomic mass is 16.4. The third-order valence-corrected chi connectivity index (χ3v) is 1.74. The molecule has 0 saturated heterocycles. The van der Waals surface area contributed by atoms with E-state index in [-0.39, 0.29) is 12.8 Å². The molecule has 0 amide bonds. The average molecular weight is 241 g/mol. The molecule has 0 heterocycles. The summed E-state index contributed by atoms with van der Waals surface area (Å²) in [6.45, 7) is 0. The van der Waals surface area contributed by atoms with E-state index < -0.39 is 18.0 Å². The first kappa shape index (κ1) is 14.9. The Labute approximate surface area is 98.3 Å². The average Bonchev–Trinajstić information content (AvgIpc) is 2.27. The fraction of sp³-hybridized carbons (Fsp3) is 0.273. The minimum atomic E-state index is -1.17. The molecule has 1 atom stereocenters. The Bertz CT molecular complexity index is 352. The molecule has 0 aromatic heterocycles. The maximum Gasteiger partial charge on any atom is 0.320 e. The molecule has 0 fully saturated rings. The molecule has 6 heteroatoms. The van der Waals surface area contributed by atoms with E-state index in [9.17, 15) is 9.59 Å². The van der Waals surface area contributed by atoms with Gasteiger partial charge in [0.15, 0.2) is 0 Å². The van der Waals surface area contributed by atoms with Crippen molar-refractivity contribution < 1.29 is 24.9 Å². The number of hydrogen-bond donors (Lipinski definition) is 4. The van der Waals surface area contributed by atoms with Crippen molar-refractivity contribution in [2.45, 2.75) is 18.9 Å². The summed E-state index contributed by atoms with van der Waals surface area (Å²) in [4.78, 5) is 19.9. The zero-order valence-corrected chi connectivity index (χ0v) is 9.11. The first-order valence-electron chi connectivity index (χ1n) is 4.87. The van der Waals surface area contributed by atoms with Crippen molar-refractivity contribution in [1.29, 1.82) is 0 Å². The number of aliphatic carboxylic acids is 2. The number of phenolic OH excluding ortho intramolecular Hbond substituents is 1. The van der Waals surface area contributed by atoms with Gasteiger partial charge in [0.1, 0.15) is 11.8 Å². The Kier molecular flexibility index (Phi) is 7.12. The van der Waals surface area contributed by atoms with Crippen LogP contribution in [-0.2, 0) is 9.59 Å². The van der Waals surface area contributed by atoms with Crippen molar-refractivity contribution >= 4 is 11.9 Å². The highest BCUT2D eigenvalue weighted by Gasteiger charge is 2.12. The van der Waals surface area contributed by atoms with Gasteiger partial charge in [-0.2, -0.15) is 0 Å². The number of nitrogens with two attached hydrogens (primary N) is 1. The van der Waals surface area contributed by atoms with Crippen LogP contribution in [0.5, 0.6) is 5.75 Å². The summed E-state index contributed by atoms with van der Waals surface area (Å²) in [5.74, 6) is -1.87. The summed E-state index contributed by atoms with van der Waals surface area (Å²) in [5.41, 5.74) is 5.00. The smallest absolute Gasteiger partial charge is 0.320 e. The molecule has 0 radical (unpaired) electrons. The van der Waals surface area contributed by atoms with Gasteiger partial charge in [-0.05, 0) is 18.6 Å². The van der Waals surface area contributed by atoms with E-state index in [0.717, 1.165) is 0 Å². The number of rotatable bonds is 4.